The smallest absolute Gasteiger partial charge is 0.119 e. The van der Waals surface area contributed by atoms with Crippen LogP contribution in [0.15, 0.2) is 78.9 Å². The number of hydrogen-bond donors (Lipinski definition) is 0. The standard InChI is InChI=1S/C27H31NO2.H2O/c1-4-28(5-2)19-20-30-26-17-13-24(14-18-26)27(21-22-9-7-6-8-10-22)23-11-15-25(29-3)16-12-23;/h6-18,21H,4-5,19-20H2,1-3H3;1H2/b27-21-;. The second-order valence-electron chi connectivity index (χ2n) is 7.10. The highest BCUT2D eigenvalue weighted by molar-refractivity contribution is 5.91. The van der Waals surface area contributed by atoms with Gasteiger partial charge in [-0.2, -0.15) is 0 Å². The van der Waals surface area contributed by atoms with Crippen LogP contribution in [0.3, 0.4) is 0 Å². The maximum Gasteiger partial charge on any atom is 0.119 e. The van der Waals surface area contributed by atoms with Crippen molar-refractivity contribution < 1.29 is 14.9 Å². The number of likely N-dealkylation sites (N-methyl/N-ethyl adjacent to an activating group) is 1. The van der Waals surface area contributed by atoms with Crippen LogP contribution in [0.25, 0.3) is 11.6 Å². The summed E-state index contributed by atoms with van der Waals surface area (Å²) in [5.41, 5.74) is 4.64. The lowest BCUT2D eigenvalue weighted by Crippen LogP contribution is -2.27. The molecule has 0 saturated heterocycles. The topological polar surface area (TPSA) is 53.2 Å². The van der Waals surface area contributed by atoms with E-state index in [4.69, 9.17) is 9.47 Å². The number of methoxy groups -OCH3 is 1. The Balaban J connectivity index is 0.00000341. The molecule has 3 aromatic carbocycles. The van der Waals surface area contributed by atoms with E-state index in [0.29, 0.717) is 6.61 Å². The fraction of sp³-hybridized carbons (Fsp3) is 0.259. The van der Waals surface area contributed by atoms with E-state index in [2.05, 4.69) is 85.5 Å². The molecule has 4 nitrogen and oxygen atoms in total. The van der Waals surface area contributed by atoms with E-state index in [1.807, 2.05) is 18.2 Å². The SMILES string of the molecule is CCN(CC)CCOc1ccc(/C(=C\c2ccccc2)c2ccc(OC)cc2)cc1.O. The van der Waals surface area contributed by atoms with Crippen LogP contribution >= 0.6 is 0 Å². The van der Waals surface area contributed by atoms with Crippen LogP contribution in [-0.4, -0.2) is 43.7 Å². The monoisotopic (exact) mass is 419 g/mol. The molecule has 0 radical (unpaired) electrons. The van der Waals surface area contributed by atoms with Crippen LogP contribution in [0.4, 0.5) is 0 Å². The minimum Gasteiger partial charge on any atom is -0.497 e. The average Bonchev–Trinajstić information content (AvgIpc) is 2.82. The van der Waals surface area contributed by atoms with Gasteiger partial charge in [0.15, 0.2) is 0 Å². The summed E-state index contributed by atoms with van der Waals surface area (Å²) in [6.07, 6.45) is 2.22. The molecule has 0 amide bonds. The highest BCUT2D eigenvalue weighted by Gasteiger charge is 2.07. The van der Waals surface area contributed by atoms with Gasteiger partial charge in [0, 0.05) is 6.54 Å². The molecule has 0 aliphatic carbocycles. The van der Waals surface area contributed by atoms with Gasteiger partial charge in [-0.1, -0.05) is 68.4 Å². The molecule has 31 heavy (non-hydrogen) atoms. The maximum atomic E-state index is 5.95. The van der Waals surface area contributed by atoms with Crippen LogP contribution < -0.4 is 9.47 Å². The van der Waals surface area contributed by atoms with Crippen molar-refractivity contribution in [1.82, 2.24) is 4.90 Å². The zero-order chi connectivity index (χ0) is 21.2. The molecule has 0 heterocycles. The van der Waals surface area contributed by atoms with Crippen LogP contribution in [0.5, 0.6) is 11.5 Å². The van der Waals surface area contributed by atoms with E-state index in [1.54, 1.807) is 7.11 Å². The summed E-state index contributed by atoms with van der Waals surface area (Å²) in [6.45, 7) is 8.10. The van der Waals surface area contributed by atoms with Crippen molar-refractivity contribution in [3.05, 3.63) is 95.6 Å². The molecule has 0 atom stereocenters. The van der Waals surface area contributed by atoms with Crippen molar-refractivity contribution in [1.29, 1.82) is 0 Å². The van der Waals surface area contributed by atoms with E-state index < -0.39 is 0 Å². The average molecular weight is 420 g/mol. The van der Waals surface area contributed by atoms with Crippen LogP contribution in [0.2, 0.25) is 0 Å². The number of hydrogen-bond acceptors (Lipinski definition) is 3. The Kier molecular flexibility index (Phi) is 9.82. The molecule has 0 aliphatic rings. The van der Waals surface area contributed by atoms with Crippen molar-refractivity contribution >= 4 is 11.6 Å². The summed E-state index contributed by atoms with van der Waals surface area (Å²) in [5.74, 6) is 1.76. The first-order chi connectivity index (χ1) is 14.7. The molecule has 164 valence electrons. The molecule has 0 fully saturated rings. The third kappa shape index (κ3) is 6.99. The van der Waals surface area contributed by atoms with E-state index in [1.165, 1.54) is 11.1 Å². The van der Waals surface area contributed by atoms with Crippen LogP contribution in [0.1, 0.15) is 30.5 Å². The van der Waals surface area contributed by atoms with Crippen molar-refractivity contribution in [2.45, 2.75) is 13.8 Å². The van der Waals surface area contributed by atoms with Gasteiger partial charge in [-0.25, -0.2) is 0 Å². The van der Waals surface area contributed by atoms with Crippen LogP contribution in [-0.2, 0) is 0 Å². The molecule has 0 unspecified atom stereocenters. The fourth-order valence-electron chi connectivity index (χ4n) is 3.38. The largest absolute Gasteiger partial charge is 0.497 e. The van der Waals surface area contributed by atoms with E-state index in [-0.39, 0.29) is 5.48 Å². The van der Waals surface area contributed by atoms with Gasteiger partial charge in [0.25, 0.3) is 0 Å². The predicted octanol–water partition coefficient (Wildman–Crippen LogP) is 5.18. The minimum absolute atomic E-state index is 0. The number of nitrogens with zero attached hydrogens (tertiary/aromatic N) is 1. The molecular formula is C27H33NO3. The minimum atomic E-state index is 0. The summed E-state index contributed by atoms with van der Waals surface area (Å²) >= 11 is 0. The Bertz CT molecular complexity index is 915. The van der Waals surface area contributed by atoms with Crippen molar-refractivity contribution in [3.63, 3.8) is 0 Å². The first kappa shape index (κ1) is 24.2. The Morgan fingerprint density at radius 1 is 0.774 bits per heavy atom. The first-order valence-electron chi connectivity index (χ1n) is 10.6. The highest BCUT2D eigenvalue weighted by atomic mass is 16.5. The molecule has 0 spiro atoms. The summed E-state index contributed by atoms with van der Waals surface area (Å²) in [5, 5.41) is 0. The van der Waals surface area contributed by atoms with Gasteiger partial charge in [0.1, 0.15) is 18.1 Å². The molecule has 3 rings (SSSR count). The molecular weight excluding hydrogens is 386 g/mol. The third-order valence-corrected chi connectivity index (χ3v) is 5.25. The quantitative estimate of drug-likeness (QED) is 0.426. The van der Waals surface area contributed by atoms with E-state index in [0.717, 1.165) is 42.3 Å². The maximum absolute atomic E-state index is 5.95. The summed E-state index contributed by atoms with van der Waals surface area (Å²) in [7, 11) is 1.69. The molecule has 0 bridgehead atoms. The lowest BCUT2D eigenvalue weighted by atomic mass is 9.95. The van der Waals surface area contributed by atoms with Gasteiger partial charge in [-0.05, 0) is 65.7 Å². The molecule has 3 aromatic rings. The summed E-state index contributed by atoms with van der Waals surface area (Å²) < 4.78 is 11.3. The number of rotatable bonds is 10. The second-order valence-corrected chi connectivity index (χ2v) is 7.10. The van der Waals surface area contributed by atoms with E-state index in [9.17, 15) is 0 Å². The normalized spacial score (nSPS) is 11.2. The van der Waals surface area contributed by atoms with Gasteiger partial charge in [0.2, 0.25) is 0 Å². The molecule has 4 heteroatoms. The third-order valence-electron chi connectivity index (χ3n) is 5.25. The Morgan fingerprint density at radius 2 is 1.32 bits per heavy atom. The molecule has 0 aromatic heterocycles. The molecule has 2 N–H and O–H groups in total. The first-order valence-corrected chi connectivity index (χ1v) is 10.6. The van der Waals surface area contributed by atoms with Crippen molar-refractivity contribution in [2.75, 3.05) is 33.4 Å². The summed E-state index contributed by atoms with van der Waals surface area (Å²) in [4.78, 5) is 2.36. The Labute approximate surface area is 186 Å². The summed E-state index contributed by atoms with van der Waals surface area (Å²) in [6, 6.07) is 27.0. The van der Waals surface area contributed by atoms with Crippen LogP contribution in [0, 0.1) is 0 Å². The lowest BCUT2D eigenvalue weighted by Gasteiger charge is -2.18. The van der Waals surface area contributed by atoms with Gasteiger partial charge < -0.3 is 19.8 Å². The zero-order valence-corrected chi connectivity index (χ0v) is 18.7. The fourth-order valence-corrected chi connectivity index (χ4v) is 3.38. The molecule has 0 saturated carbocycles. The second kappa shape index (κ2) is 12.6. The highest BCUT2D eigenvalue weighted by Crippen LogP contribution is 2.29. The van der Waals surface area contributed by atoms with Gasteiger partial charge >= 0.3 is 0 Å². The Morgan fingerprint density at radius 3 is 1.84 bits per heavy atom. The lowest BCUT2D eigenvalue weighted by molar-refractivity contribution is 0.223. The van der Waals surface area contributed by atoms with Gasteiger partial charge in [-0.3, -0.25) is 0 Å². The van der Waals surface area contributed by atoms with E-state index >= 15 is 0 Å². The van der Waals surface area contributed by atoms with Gasteiger partial charge in [0.05, 0.1) is 7.11 Å². The Hall–Kier alpha value is -3.08. The van der Waals surface area contributed by atoms with Gasteiger partial charge in [-0.15, -0.1) is 0 Å². The zero-order valence-electron chi connectivity index (χ0n) is 18.7. The van der Waals surface area contributed by atoms with Crippen molar-refractivity contribution in [2.24, 2.45) is 0 Å². The predicted molar refractivity (Wildman–Crippen MR) is 130 cm³/mol. The number of benzene rings is 3. The van der Waals surface area contributed by atoms with Crippen molar-refractivity contribution in [3.8, 4) is 11.5 Å². The number of ether oxygens (including phenoxy) is 2. The molecule has 0 aliphatic heterocycles.